The molecular weight excluding hydrogens is 312 g/mol. The Labute approximate surface area is 147 Å². The van der Waals surface area contributed by atoms with E-state index in [2.05, 4.69) is 44.5 Å². The van der Waals surface area contributed by atoms with Gasteiger partial charge >= 0.3 is 0 Å². The van der Waals surface area contributed by atoms with Crippen molar-refractivity contribution in [1.29, 1.82) is 0 Å². The number of hydrogen-bond acceptors (Lipinski definition) is 3. The van der Waals surface area contributed by atoms with Crippen molar-refractivity contribution in [2.24, 2.45) is 0 Å². The Bertz CT molecular complexity index is 886. The number of hydrogen-bond donors (Lipinski definition) is 2. The van der Waals surface area contributed by atoms with Gasteiger partial charge in [0, 0.05) is 32.1 Å². The average Bonchev–Trinajstić information content (AvgIpc) is 3.05. The van der Waals surface area contributed by atoms with Gasteiger partial charge in [-0.1, -0.05) is 36.4 Å². The second-order valence-corrected chi connectivity index (χ2v) is 6.53. The molecule has 4 rings (SSSR count). The number of benzene rings is 2. The summed E-state index contributed by atoms with van der Waals surface area (Å²) in [7, 11) is 0. The normalized spacial score (nSPS) is 16.6. The summed E-state index contributed by atoms with van der Waals surface area (Å²) in [5.74, 6) is 0.0984. The highest BCUT2D eigenvalue weighted by Crippen LogP contribution is 2.17. The van der Waals surface area contributed by atoms with Gasteiger partial charge in [-0.05, 0) is 29.7 Å². The predicted molar refractivity (Wildman–Crippen MR) is 98.1 cm³/mol. The van der Waals surface area contributed by atoms with Gasteiger partial charge in [0.1, 0.15) is 0 Å². The summed E-state index contributed by atoms with van der Waals surface area (Å²) >= 11 is 0. The van der Waals surface area contributed by atoms with Crippen LogP contribution < -0.4 is 10.6 Å². The van der Waals surface area contributed by atoms with Gasteiger partial charge in [-0.25, -0.2) is 4.98 Å². The maximum atomic E-state index is 12.2. The number of carbonyl (C=O) groups is 1. The zero-order valence-electron chi connectivity index (χ0n) is 14.1. The molecule has 5 nitrogen and oxygen atoms in total. The average molecular weight is 334 g/mol. The molecule has 1 aliphatic heterocycles. The molecule has 0 fully saturated rings. The first-order valence-corrected chi connectivity index (χ1v) is 8.76. The molecule has 5 heteroatoms. The lowest BCUT2D eigenvalue weighted by molar-refractivity contribution is -0.121. The van der Waals surface area contributed by atoms with E-state index >= 15 is 0 Å². The smallest absolute Gasteiger partial charge is 0.221 e. The molecule has 1 aromatic heterocycles. The number of rotatable bonds is 5. The summed E-state index contributed by atoms with van der Waals surface area (Å²) in [5, 5.41) is 6.49. The summed E-state index contributed by atoms with van der Waals surface area (Å²) in [6.07, 6.45) is 3.26. The SMILES string of the molecule is O=C(C[C@@H]1Cc2ccccc2CN1)NCCn1cnc2ccccc21. The second-order valence-electron chi connectivity index (χ2n) is 6.53. The number of nitrogens with zero attached hydrogens (tertiary/aromatic N) is 2. The van der Waals surface area contributed by atoms with E-state index in [-0.39, 0.29) is 11.9 Å². The molecule has 0 bridgehead atoms. The Hall–Kier alpha value is -2.66. The van der Waals surface area contributed by atoms with Crippen molar-refractivity contribution in [3.05, 3.63) is 66.0 Å². The van der Waals surface area contributed by atoms with Crippen LogP contribution in [0, 0.1) is 0 Å². The third kappa shape index (κ3) is 3.56. The van der Waals surface area contributed by atoms with E-state index in [4.69, 9.17) is 0 Å². The van der Waals surface area contributed by atoms with Gasteiger partial charge in [-0.15, -0.1) is 0 Å². The van der Waals surface area contributed by atoms with Crippen molar-refractivity contribution >= 4 is 16.9 Å². The molecule has 0 aliphatic carbocycles. The molecule has 0 radical (unpaired) electrons. The minimum absolute atomic E-state index is 0.0984. The van der Waals surface area contributed by atoms with Crippen LogP contribution in [0.25, 0.3) is 11.0 Å². The second kappa shape index (κ2) is 7.07. The Balaban J connectivity index is 1.27. The highest BCUT2D eigenvalue weighted by Gasteiger charge is 2.19. The molecule has 2 N–H and O–H groups in total. The monoisotopic (exact) mass is 334 g/mol. The summed E-state index contributed by atoms with van der Waals surface area (Å²) in [5.41, 5.74) is 4.77. The number of aromatic nitrogens is 2. The van der Waals surface area contributed by atoms with Gasteiger partial charge in [-0.3, -0.25) is 4.79 Å². The first-order valence-electron chi connectivity index (χ1n) is 8.76. The van der Waals surface area contributed by atoms with E-state index in [9.17, 15) is 4.79 Å². The lowest BCUT2D eigenvalue weighted by Crippen LogP contribution is -2.40. The molecule has 2 heterocycles. The summed E-state index contributed by atoms with van der Waals surface area (Å²) < 4.78 is 2.07. The lowest BCUT2D eigenvalue weighted by atomic mass is 9.94. The Morgan fingerprint density at radius 3 is 2.88 bits per heavy atom. The third-order valence-corrected chi connectivity index (χ3v) is 4.80. The number of para-hydroxylation sites is 2. The van der Waals surface area contributed by atoms with Crippen LogP contribution in [0.5, 0.6) is 0 Å². The van der Waals surface area contributed by atoms with E-state index in [1.807, 2.05) is 30.6 Å². The molecule has 1 atom stereocenters. The van der Waals surface area contributed by atoms with Crippen LogP contribution in [-0.4, -0.2) is 28.0 Å². The Kier molecular flexibility index (Phi) is 4.48. The van der Waals surface area contributed by atoms with Gasteiger partial charge in [0.25, 0.3) is 0 Å². The van der Waals surface area contributed by atoms with Gasteiger partial charge in [-0.2, -0.15) is 0 Å². The number of imidazole rings is 1. The van der Waals surface area contributed by atoms with Crippen LogP contribution in [0.15, 0.2) is 54.9 Å². The lowest BCUT2D eigenvalue weighted by Gasteiger charge is -2.25. The van der Waals surface area contributed by atoms with E-state index < -0.39 is 0 Å². The quantitative estimate of drug-likeness (QED) is 0.752. The number of carbonyl (C=O) groups excluding carboxylic acids is 1. The molecule has 0 spiro atoms. The fraction of sp³-hybridized carbons (Fsp3) is 0.300. The van der Waals surface area contributed by atoms with Crippen molar-refractivity contribution in [1.82, 2.24) is 20.2 Å². The van der Waals surface area contributed by atoms with Crippen LogP contribution in [0.4, 0.5) is 0 Å². The topological polar surface area (TPSA) is 59.0 Å². The van der Waals surface area contributed by atoms with Crippen LogP contribution in [-0.2, 0) is 24.3 Å². The fourth-order valence-electron chi connectivity index (χ4n) is 3.47. The molecule has 1 amide bonds. The molecule has 3 aromatic rings. The van der Waals surface area contributed by atoms with Crippen molar-refractivity contribution < 1.29 is 4.79 Å². The van der Waals surface area contributed by atoms with Crippen molar-refractivity contribution in [2.75, 3.05) is 6.54 Å². The summed E-state index contributed by atoms with van der Waals surface area (Å²) in [6, 6.07) is 16.7. The summed E-state index contributed by atoms with van der Waals surface area (Å²) in [6.45, 7) is 2.19. The Morgan fingerprint density at radius 2 is 1.96 bits per heavy atom. The number of amides is 1. The van der Waals surface area contributed by atoms with Gasteiger partial charge < -0.3 is 15.2 Å². The van der Waals surface area contributed by atoms with E-state index in [0.29, 0.717) is 13.0 Å². The van der Waals surface area contributed by atoms with Crippen LogP contribution in [0.1, 0.15) is 17.5 Å². The van der Waals surface area contributed by atoms with Crippen LogP contribution >= 0.6 is 0 Å². The molecule has 1 aliphatic rings. The van der Waals surface area contributed by atoms with E-state index in [1.165, 1.54) is 11.1 Å². The maximum absolute atomic E-state index is 12.2. The predicted octanol–water partition coefficient (Wildman–Crippen LogP) is 2.26. The molecule has 2 aromatic carbocycles. The first kappa shape index (κ1) is 15.8. The van der Waals surface area contributed by atoms with E-state index in [1.54, 1.807) is 0 Å². The zero-order valence-corrected chi connectivity index (χ0v) is 14.1. The van der Waals surface area contributed by atoms with Crippen LogP contribution in [0.3, 0.4) is 0 Å². The van der Waals surface area contributed by atoms with Gasteiger partial charge in [0.05, 0.1) is 17.4 Å². The van der Waals surface area contributed by atoms with Crippen molar-refractivity contribution in [3.63, 3.8) is 0 Å². The summed E-state index contributed by atoms with van der Waals surface area (Å²) in [4.78, 5) is 16.6. The van der Waals surface area contributed by atoms with Crippen molar-refractivity contribution in [3.8, 4) is 0 Å². The molecule has 0 saturated heterocycles. The van der Waals surface area contributed by atoms with Crippen molar-refractivity contribution in [2.45, 2.75) is 32.0 Å². The number of nitrogens with one attached hydrogen (secondary N) is 2. The molecular formula is C20H22N4O. The third-order valence-electron chi connectivity index (χ3n) is 4.80. The molecule has 0 saturated carbocycles. The largest absolute Gasteiger partial charge is 0.354 e. The highest BCUT2D eigenvalue weighted by atomic mass is 16.1. The van der Waals surface area contributed by atoms with Gasteiger partial charge in [0.15, 0.2) is 0 Å². The maximum Gasteiger partial charge on any atom is 0.221 e. The Morgan fingerprint density at radius 1 is 1.16 bits per heavy atom. The van der Waals surface area contributed by atoms with Gasteiger partial charge in [0.2, 0.25) is 5.91 Å². The minimum Gasteiger partial charge on any atom is -0.354 e. The number of fused-ring (bicyclic) bond motifs is 2. The zero-order chi connectivity index (χ0) is 17.1. The first-order chi connectivity index (χ1) is 12.3. The molecule has 0 unspecified atom stereocenters. The molecule has 25 heavy (non-hydrogen) atoms. The van der Waals surface area contributed by atoms with Crippen LogP contribution in [0.2, 0.25) is 0 Å². The highest BCUT2D eigenvalue weighted by molar-refractivity contribution is 5.77. The van der Waals surface area contributed by atoms with E-state index in [0.717, 1.165) is 30.5 Å². The standard InChI is InChI=1S/C20H22N4O/c25-20(12-17-11-15-5-1-2-6-16(15)13-22-17)21-9-10-24-14-23-18-7-3-4-8-19(18)24/h1-8,14,17,22H,9-13H2,(H,21,25)/t17-/m0/s1. The minimum atomic E-state index is 0.0984. The molecule has 128 valence electrons. The fourth-order valence-corrected chi connectivity index (χ4v) is 3.47.